The molecule has 40 heteroatoms. The fourth-order valence-corrected chi connectivity index (χ4v) is 18.2. The Bertz CT molecular complexity index is 3100. The number of alkyl carbamates (subject to hydrolysis) is 2. The van der Waals surface area contributed by atoms with Crippen molar-refractivity contribution in [1.82, 2.24) is 71.9 Å². The second-order valence-corrected chi connectivity index (χ2v) is 34.5. The van der Waals surface area contributed by atoms with E-state index < -0.39 is 203 Å². The van der Waals surface area contributed by atoms with Crippen LogP contribution in [0.1, 0.15) is 146 Å². The summed E-state index contributed by atoms with van der Waals surface area (Å²) in [7, 11) is 3.73. The van der Waals surface area contributed by atoms with Gasteiger partial charge in [-0.25, -0.2) is 9.59 Å². The molecule has 0 unspecified atom stereocenters. The number of aliphatic carboxylic acids is 2. The number of carbonyl (C=O) groups is 16. The fraction of sp³-hybridized carbons (Fsp3) is 0.758. The number of aliphatic hydroxyl groups is 2. The summed E-state index contributed by atoms with van der Waals surface area (Å²) in [6.45, 7) is 14.3. The monoisotopic (exact) mass is 1570 g/mol. The summed E-state index contributed by atoms with van der Waals surface area (Å²) < 4.78 is 10.7. The average Bonchev–Trinajstić information content (AvgIpc) is 1.62. The van der Waals surface area contributed by atoms with Crippen LogP contribution in [-0.2, 0) is 76.6 Å². The van der Waals surface area contributed by atoms with E-state index >= 15 is 28.8 Å². The fourth-order valence-electron chi connectivity index (χ4n) is 13.6. The molecule has 0 radical (unpaired) electrons. The molecule has 0 spiro atoms. The highest BCUT2D eigenvalue weighted by Gasteiger charge is 2.49. The van der Waals surface area contributed by atoms with Crippen LogP contribution in [0.4, 0.5) is 9.59 Å². The van der Waals surface area contributed by atoms with E-state index in [0.29, 0.717) is 12.8 Å². The predicted octanol–water partition coefficient (Wildman–Crippen LogP) is -1.63. The van der Waals surface area contributed by atoms with E-state index in [9.17, 15) is 68.4 Å². The molecule has 7 aliphatic heterocycles. The second kappa shape index (κ2) is 38.0. The maximum Gasteiger partial charge on any atom is 0.408 e. The lowest BCUT2D eigenvalue weighted by Gasteiger charge is -2.34. The Labute approximate surface area is 630 Å². The van der Waals surface area contributed by atoms with E-state index in [1.165, 1.54) is 57.1 Å². The summed E-state index contributed by atoms with van der Waals surface area (Å²) in [6, 6.07) is -19.7. The maximum absolute atomic E-state index is 15.3. The number of carbonyl (C=O) groups excluding carboxylic acids is 14. The Hall–Kier alpha value is -7.56. The van der Waals surface area contributed by atoms with Crippen molar-refractivity contribution in [3.8, 4) is 0 Å². The van der Waals surface area contributed by atoms with Crippen molar-refractivity contribution in [2.24, 2.45) is 0 Å². The first-order valence-electron chi connectivity index (χ1n) is 35.7. The van der Waals surface area contributed by atoms with E-state index in [1.807, 2.05) is 0 Å². The molecular weight excluding hydrogens is 1470 g/mol. The van der Waals surface area contributed by atoms with E-state index in [1.54, 1.807) is 41.5 Å². The first kappa shape index (κ1) is 85.7. The quantitative estimate of drug-likeness (QED) is 0.0772. The molecule has 106 heavy (non-hydrogen) atoms. The van der Waals surface area contributed by atoms with Crippen LogP contribution in [0.3, 0.4) is 0 Å². The number of nitrogens with zero attached hydrogens (tertiary/aromatic N) is 6. The average molecular weight is 1570 g/mol. The molecule has 0 bridgehead atoms. The molecule has 12 N–H and O–H groups in total. The van der Waals surface area contributed by atoms with E-state index in [0.717, 1.165) is 43.2 Å². The number of carboxylic acids is 2. The van der Waals surface area contributed by atoms with Gasteiger partial charge in [0.05, 0.1) is 12.2 Å². The molecule has 36 nitrogen and oxygen atoms in total. The van der Waals surface area contributed by atoms with Crippen molar-refractivity contribution >= 4 is 138 Å². The number of rotatable bonds is 16. The molecule has 0 aromatic rings. The molecule has 16 atom stereocenters. The minimum absolute atomic E-state index is 0.00349. The Balaban J connectivity index is 1.28. The molecule has 7 fully saturated rings. The van der Waals surface area contributed by atoms with Gasteiger partial charge >= 0.3 is 24.1 Å². The largest absolute Gasteiger partial charge is 0.480 e. The second-order valence-electron chi connectivity index (χ2n) is 29.4. The number of hydrogen-bond donors (Lipinski definition) is 12. The number of hydrogen-bond acceptors (Lipinski definition) is 24. The van der Waals surface area contributed by atoms with Crippen LogP contribution in [0.25, 0.3) is 0 Å². The summed E-state index contributed by atoms with van der Waals surface area (Å²) in [6.07, 6.45) is -3.16. The normalized spacial score (nSPS) is 27.4. The Morgan fingerprint density at radius 3 is 1.05 bits per heavy atom. The SMILES string of the molecule is C[C@H](NC(=O)[C@@H]1CCCN1C(=O)[C@@H]1CSSC[C@@H](C(=O)N2CCC[C@H]2C(=O)N[C@@H](C)C(=O)O)NC(=O)[C@@H]2CCCN2C(=O)[C@@H]2CCCN2C(=O)[C@@H](NC(=O)[C@@H](NC(=O)OC(C)(C)C)[C@@H](C)O)CSSC[C@H](NC(=O)[C@@H](NC(=O)OC(C)(C)C)[C@@H](C)O)C(=O)N2CCC[C@H]2C(=O)N2CCC[C@H]2C(=O)N1)C(=O)O. The minimum Gasteiger partial charge on any atom is -0.480 e. The maximum atomic E-state index is 15.3. The zero-order valence-electron chi connectivity index (χ0n) is 61.2. The molecule has 7 heterocycles. The summed E-state index contributed by atoms with van der Waals surface area (Å²) in [5.41, 5.74) is -2.10. The first-order chi connectivity index (χ1) is 49.8. The van der Waals surface area contributed by atoms with Crippen LogP contribution in [0.2, 0.25) is 0 Å². The van der Waals surface area contributed by atoms with Crippen molar-refractivity contribution in [3.63, 3.8) is 0 Å². The molecule has 14 amide bonds. The van der Waals surface area contributed by atoms with Gasteiger partial charge in [-0.3, -0.25) is 67.1 Å². The minimum atomic E-state index is -1.73. The highest BCUT2D eigenvalue weighted by Crippen LogP contribution is 2.33. The van der Waals surface area contributed by atoms with Crippen LogP contribution in [0, 0.1) is 0 Å². The van der Waals surface area contributed by atoms with Crippen LogP contribution >= 0.6 is 43.2 Å². The zero-order valence-corrected chi connectivity index (χ0v) is 64.5. The molecule has 0 aromatic heterocycles. The third-order valence-corrected chi connectivity index (χ3v) is 23.7. The molecule has 0 aliphatic carbocycles. The highest BCUT2D eigenvalue weighted by molar-refractivity contribution is 8.77. The Morgan fingerprint density at radius 1 is 0.434 bits per heavy atom. The number of amides is 14. The Kier molecular flexibility index (Phi) is 30.7. The molecule has 7 rings (SSSR count). The van der Waals surface area contributed by atoms with Gasteiger partial charge in [0.25, 0.3) is 0 Å². The number of aliphatic hydroxyl groups excluding tert-OH is 2. The van der Waals surface area contributed by atoms with Crippen molar-refractivity contribution < 1.29 is 107 Å². The summed E-state index contributed by atoms with van der Waals surface area (Å²) in [5, 5.41) is 61.5. The molecular formula is C66H102N14O22S4. The number of carboxylic acid groups (broad SMARTS) is 2. The van der Waals surface area contributed by atoms with Crippen LogP contribution < -0.4 is 42.5 Å². The molecule has 0 aromatic carbocycles. The molecule has 0 saturated carbocycles. The Morgan fingerprint density at radius 2 is 0.736 bits per heavy atom. The van der Waals surface area contributed by atoms with Gasteiger partial charge < -0.3 is 102 Å². The molecule has 7 aliphatic rings. The van der Waals surface area contributed by atoms with Crippen molar-refractivity contribution in [1.29, 1.82) is 0 Å². The lowest BCUT2D eigenvalue weighted by Crippen LogP contribution is -2.61. The van der Waals surface area contributed by atoms with Crippen LogP contribution in [-0.4, -0.2) is 315 Å². The topological polar surface area (TPSA) is 488 Å². The van der Waals surface area contributed by atoms with E-state index in [2.05, 4.69) is 42.5 Å². The van der Waals surface area contributed by atoms with Crippen molar-refractivity contribution in [2.45, 2.75) is 254 Å². The standard InChI is InChI=1S/C66H102N14O22S4/c1-33(61(95)96)67-49(83)41-17-11-23-75(41)55(89)37-29-103-104-30-38(56(90)76-24-12-18-42(76)50(84)68-34(2)62(97)98)70-52(86)44-20-14-26-78(44)60(94)46-22-16-28-80(46)58(92)40(72-54(88)48(36(4)82)74-64(100)102-66(8,9)10)32-106-105-31-39(71-53(87)47(35(3)81)73-63(99)101-65(5,6)7)57(91)79-27-15-21-45(79)59(93)77-25-13-19-43(77)51(85)69-37/h33-48,81-82H,11-32H2,1-10H3,(H,67,83)(H,68,84)(H,69,85)(H,70,86)(H,71,87)(H,72,88)(H,73,99)(H,74,100)(H,95,96)(H,97,98)/t33-,34-,35+,36+,37-,38-,39-,40-,41-,42-,43-,44-,45-,46-,47-,48-/m0/s1. The highest BCUT2D eigenvalue weighted by atomic mass is 33.1. The van der Waals surface area contributed by atoms with E-state index in [-0.39, 0.29) is 126 Å². The van der Waals surface area contributed by atoms with Gasteiger partial charge in [-0.15, -0.1) is 0 Å². The lowest BCUT2D eigenvalue weighted by atomic mass is 10.1. The number of nitrogens with one attached hydrogen (secondary N) is 8. The summed E-state index contributed by atoms with van der Waals surface area (Å²) in [5.74, 6) is -13.8. The molecule has 7 saturated heterocycles. The van der Waals surface area contributed by atoms with Gasteiger partial charge in [0.15, 0.2) is 0 Å². The zero-order chi connectivity index (χ0) is 78.4. The van der Waals surface area contributed by atoms with Gasteiger partial charge in [0.2, 0.25) is 70.9 Å². The van der Waals surface area contributed by atoms with E-state index in [4.69, 9.17) is 9.47 Å². The van der Waals surface area contributed by atoms with Gasteiger partial charge in [0.1, 0.15) is 95.8 Å². The smallest absolute Gasteiger partial charge is 0.408 e. The summed E-state index contributed by atoms with van der Waals surface area (Å²) in [4.78, 5) is 234. The third kappa shape index (κ3) is 22.8. The van der Waals surface area contributed by atoms with Crippen molar-refractivity contribution in [2.75, 3.05) is 62.3 Å². The van der Waals surface area contributed by atoms with Crippen LogP contribution in [0.15, 0.2) is 0 Å². The third-order valence-electron chi connectivity index (χ3n) is 18.9. The number of ether oxygens (including phenoxy) is 2. The van der Waals surface area contributed by atoms with Crippen molar-refractivity contribution in [3.05, 3.63) is 0 Å². The van der Waals surface area contributed by atoms with Gasteiger partial charge in [0, 0.05) is 62.3 Å². The van der Waals surface area contributed by atoms with Gasteiger partial charge in [-0.1, -0.05) is 43.2 Å². The number of fused-ring (bicyclic) bond motifs is 4. The van der Waals surface area contributed by atoms with Gasteiger partial charge in [-0.2, -0.15) is 0 Å². The predicted molar refractivity (Wildman–Crippen MR) is 386 cm³/mol. The first-order valence-corrected chi connectivity index (χ1v) is 40.7. The molecule has 592 valence electrons. The lowest BCUT2D eigenvalue weighted by molar-refractivity contribution is -0.148. The summed E-state index contributed by atoms with van der Waals surface area (Å²) >= 11 is 0. The van der Waals surface area contributed by atoms with Gasteiger partial charge in [-0.05, 0) is 146 Å². The number of likely N-dealkylation sites (tertiary alicyclic amines) is 2. The van der Waals surface area contributed by atoms with Crippen LogP contribution in [0.5, 0.6) is 0 Å².